The van der Waals surface area contributed by atoms with E-state index in [1.807, 2.05) is 60.7 Å². The van der Waals surface area contributed by atoms with E-state index in [4.69, 9.17) is 0 Å². The zero-order valence-corrected chi connectivity index (χ0v) is 13.0. The van der Waals surface area contributed by atoms with Gasteiger partial charge in [-0.2, -0.15) is 5.10 Å². The van der Waals surface area contributed by atoms with Gasteiger partial charge < -0.3 is 0 Å². The molecule has 106 valence electrons. The van der Waals surface area contributed by atoms with Crippen LogP contribution in [-0.4, -0.2) is 12.1 Å². The molecule has 0 fully saturated rings. The molecule has 0 bridgehead atoms. The zero-order chi connectivity index (χ0) is 14.9. The highest BCUT2D eigenvalue weighted by atomic mass is 79.9. The monoisotopic (exact) mass is 342 g/mol. The Balaban J connectivity index is 1.77. The van der Waals surface area contributed by atoms with E-state index in [0.29, 0.717) is 6.42 Å². The van der Waals surface area contributed by atoms with Gasteiger partial charge in [0.15, 0.2) is 0 Å². The number of benzene rings is 2. The molecule has 21 heavy (non-hydrogen) atoms. The van der Waals surface area contributed by atoms with Crippen LogP contribution in [0.1, 0.15) is 11.1 Å². The van der Waals surface area contributed by atoms with Crippen LogP contribution in [0, 0.1) is 0 Å². The van der Waals surface area contributed by atoms with Gasteiger partial charge in [-0.1, -0.05) is 64.5 Å². The van der Waals surface area contributed by atoms with Crippen LogP contribution in [-0.2, 0) is 11.2 Å². The van der Waals surface area contributed by atoms with Gasteiger partial charge in [0.1, 0.15) is 0 Å². The molecular formula is C17H15BrN2O. The van der Waals surface area contributed by atoms with E-state index in [-0.39, 0.29) is 5.91 Å². The molecule has 0 aliphatic carbocycles. The maximum absolute atomic E-state index is 11.6. The molecule has 0 saturated heterocycles. The molecule has 1 amide bonds. The number of nitrogens with zero attached hydrogens (tertiary/aromatic N) is 1. The van der Waals surface area contributed by atoms with Gasteiger partial charge in [-0.3, -0.25) is 4.79 Å². The molecule has 4 heteroatoms. The number of halogens is 1. The minimum atomic E-state index is -0.130. The van der Waals surface area contributed by atoms with Crippen molar-refractivity contribution in [1.82, 2.24) is 5.43 Å². The van der Waals surface area contributed by atoms with Crippen LogP contribution in [0.3, 0.4) is 0 Å². The topological polar surface area (TPSA) is 41.5 Å². The summed E-state index contributed by atoms with van der Waals surface area (Å²) in [6.07, 6.45) is 5.59. The summed E-state index contributed by atoms with van der Waals surface area (Å²) in [6, 6.07) is 17.5. The first-order chi connectivity index (χ1) is 10.2. The van der Waals surface area contributed by atoms with Crippen molar-refractivity contribution in [2.45, 2.75) is 6.42 Å². The highest BCUT2D eigenvalue weighted by Crippen LogP contribution is 2.11. The SMILES string of the molecule is O=C(Cc1ccccc1)N/N=C\C=C\c1ccc(Br)cc1. The predicted molar refractivity (Wildman–Crippen MR) is 90.0 cm³/mol. The second-order valence-electron chi connectivity index (χ2n) is 4.39. The lowest BCUT2D eigenvalue weighted by atomic mass is 10.1. The summed E-state index contributed by atoms with van der Waals surface area (Å²) in [5.41, 5.74) is 4.54. The van der Waals surface area contributed by atoms with Crippen molar-refractivity contribution in [2.24, 2.45) is 5.10 Å². The van der Waals surface area contributed by atoms with E-state index in [1.54, 1.807) is 12.3 Å². The lowest BCUT2D eigenvalue weighted by molar-refractivity contribution is -0.120. The minimum absolute atomic E-state index is 0.130. The van der Waals surface area contributed by atoms with Crippen molar-refractivity contribution < 1.29 is 4.79 Å². The Morgan fingerprint density at radius 1 is 1.10 bits per heavy atom. The molecular weight excluding hydrogens is 328 g/mol. The van der Waals surface area contributed by atoms with Crippen molar-refractivity contribution in [1.29, 1.82) is 0 Å². The Kier molecular flexibility index (Phi) is 5.91. The quantitative estimate of drug-likeness (QED) is 0.651. The number of carbonyl (C=O) groups is 1. The average Bonchev–Trinajstić information content (AvgIpc) is 2.50. The number of carbonyl (C=O) groups excluding carboxylic acids is 1. The maximum Gasteiger partial charge on any atom is 0.244 e. The molecule has 0 aliphatic rings. The Morgan fingerprint density at radius 3 is 2.52 bits per heavy atom. The lowest BCUT2D eigenvalue weighted by Gasteiger charge is -1.99. The average molecular weight is 343 g/mol. The fourth-order valence-electron chi connectivity index (χ4n) is 1.70. The fourth-order valence-corrected chi connectivity index (χ4v) is 1.97. The molecule has 0 aromatic heterocycles. The van der Waals surface area contributed by atoms with E-state index in [9.17, 15) is 4.79 Å². The fraction of sp³-hybridized carbons (Fsp3) is 0.0588. The summed E-state index contributed by atoms with van der Waals surface area (Å²) >= 11 is 3.38. The second-order valence-corrected chi connectivity index (χ2v) is 5.30. The molecule has 0 spiro atoms. The van der Waals surface area contributed by atoms with Crippen LogP contribution < -0.4 is 5.43 Å². The number of rotatable bonds is 5. The standard InChI is InChI=1S/C17H15BrN2O/c18-16-10-8-14(9-11-16)7-4-12-19-20-17(21)13-15-5-2-1-3-6-15/h1-12H,13H2,(H,20,21)/b7-4+,19-12-. The lowest BCUT2D eigenvalue weighted by Crippen LogP contribution is -2.19. The third-order valence-corrected chi connectivity index (χ3v) is 3.24. The van der Waals surface area contributed by atoms with Crippen molar-refractivity contribution in [3.05, 3.63) is 76.3 Å². The molecule has 2 aromatic rings. The zero-order valence-electron chi connectivity index (χ0n) is 11.4. The van der Waals surface area contributed by atoms with Gasteiger partial charge in [0.25, 0.3) is 0 Å². The smallest absolute Gasteiger partial charge is 0.244 e. The first-order valence-electron chi connectivity index (χ1n) is 6.52. The Labute approximate surface area is 132 Å². The summed E-state index contributed by atoms with van der Waals surface area (Å²) in [7, 11) is 0. The number of nitrogens with one attached hydrogen (secondary N) is 1. The molecule has 0 radical (unpaired) electrons. The van der Waals surface area contributed by atoms with E-state index in [1.165, 1.54) is 0 Å². The van der Waals surface area contributed by atoms with Crippen LogP contribution in [0.4, 0.5) is 0 Å². The molecule has 0 heterocycles. The van der Waals surface area contributed by atoms with E-state index >= 15 is 0 Å². The molecule has 2 rings (SSSR count). The first-order valence-corrected chi connectivity index (χ1v) is 7.31. The van der Waals surface area contributed by atoms with Crippen LogP contribution in [0.2, 0.25) is 0 Å². The second kappa shape index (κ2) is 8.17. The maximum atomic E-state index is 11.6. The van der Waals surface area contributed by atoms with Gasteiger partial charge in [0, 0.05) is 10.7 Å². The first kappa shape index (κ1) is 15.2. The highest BCUT2D eigenvalue weighted by molar-refractivity contribution is 9.10. The van der Waals surface area contributed by atoms with Gasteiger partial charge in [0.2, 0.25) is 5.91 Å². The van der Waals surface area contributed by atoms with Crippen LogP contribution in [0.15, 0.2) is 70.2 Å². The molecule has 0 aliphatic heterocycles. The third-order valence-electron chi connectivity index (χ3n) is 2.72. The number of hydrogen-bond acceptors (Lipinski definition) is 2. The molecule has 3 nitrogen and oxygen atoms in total. The summed E-state index contributed by atoms with van der Waals surface area (Å²) in [4.78, 5) is 11.6. The van der Waals surface area contributed by atoms with E-state index in [0.717, 1.165) is 15.6 Å². The molecule has 0 unspecified atom stereocenters. The Hall–Kier alpha value is -2.20. The van der Waals surface area contributed by atoms with Crippen LogP contribution >= 0.6 is 15.9 Å². The normalized spacial score (nSPS) is 11.1. The van der Waals surface area contributed by atoms with Crippen molar-refractivity contribution in [2.75, 3.05) is 0 Å². The number of allylic oxidation sites excluding steroid dienone is 1. The predicted octanol–water partition coefficient (Wildman–Crippen LogP) is 3.81. The summed E-state index contributed by atoms with van der Waals surface area (Å²) in [5.74, 6) is -0.130. The van der Waals surface area contributed by atoms with Crippen molar-refractivity contribution in [3.63, 3.8) is 0 Å². The number of hydrazone groups is 1. The van der Waals surface area contributed by atoms with Crippen molar-refractivity contribution in [3.8, 4) is 0 Å². The largest absolute Gasteiger partial charge is 0.273 e. The molecule has 2 aromatic carbocycles. The highest BCUT2D eigenvalue weighted by Gasteiger charge is 1.99. The summed E-state index contributed by atoms with van der Waals surface area (Å²) in [5, 5.41) is 3.88. The Bertz CT molecular complexity index is 634. The van der Waals surface area contributed by atoms with Crippen LogP contribution in [0.5, 0.6) is 0 Å². The van der Waals surface area contributed by atoms with E-state index < -0.39 is 0 Å². The third kappa shape index (κ3) is 5.75. The van der Waals surface area contributed by atoms with Gasteiger partial charge >= 0.3 is 0 Å². The number of amides is 1. The Morgan fingerprint density at radius 2 is 1.81 bits per heavy atom. The summed E-state index contributed by atoms with van der Waals surface area (Å²) < 4.78 is 1.04. The van der Waals surface area contributed by atoms with Gasteiger partial charge in [-0.15, -0.1) is 0 Å². The van der Waals surface area contributed by atoms with Gasteiger partial charge in [0.05, 0.1) is 6.42 Å². The molecule has 0 saturated carbocycles. The van der Waals surface area contributed by atoms with Crippen molar-refractivity contribution >= 4 is 34.1 Å². The van der Waals surface area contributed by atoms with E-state index in [2.05, 4.69) is 26.5 Å². The van der Waals surface area contributed by atoms with Gasteiger partial charge in [-0.25, -0.2) is 5.43 Å². The van der Waals surface area contributed by atoms with Gasteiger partial charge in [-0.05, 0) is 29.3 Å². The van der Waals surface area contributed by atoms with Crippen LogP contribution in [0.25, 0.3) is 6.08 Å². The minimum Gasteiger partial charge on any atom is -0.273 e. The molecule has 1 N–H and O–H groups in total. The molecule has 0 atom stereocenters. The summed E-state index contributed by atoms with van der Waals surface area (Å²) in [6.45, 7) is 0. The number of hydrogen-bond donors (Lipinski definition) is 1.